The molecule has 0 fully saturated rings. The van der Waals surface area contributed by atoms with Gasteiger partial charge in [0, 0.05) is 42.0 Å². The average molecular weight is 459 g/mol. The van der Waals surface area contributed by atoms with Crippen LogP contribution in [-0.2, 0) is 6.54 Å². The first-order valence-corrected chi connectivity index (χ1v) is 12.0. The van der Waals surface area contributed by atoms with Crippen molar-refractivity contribution in [2.75, 3.05) is 6.54 Å². The molecule has 6 heteroatoms. The van der Waals surface area contributed by atoms with Crippen molar-refractivity contribution >= 4 is 10.9 Å². The van der Waals surface area contributed by atoms with Crippen molar-refractivity contribution in [3.05, 3.63) is 89.0 Å². The summed E-state index contributed by atoms with van der Waals surface area (Å²) in [7, 11) is 0. The third kappa shape index (κ3) is 5.23. The lowest BCUT2D eigenvalue weighted by molar-refractivity contribution is 0.167. The predicted molar refractivity (Wildman–Crippen MR) is 138 cm³/mol. The van der Waals surface area contributed by atoms with E-state index in [1.807, 2.05) is 72.4 Å². The lowest BCUT2D eigenvalue weighted by Crippen LogP contribution is -2.39. The summed E-state index contributed by atoms with van der Waals surface area (Å²) in [6.45, 7) is 12.6. The van der Waals surface area contributed by atoms with Crippen LogP contribution >= 0.6 is 0 Å². The molecular weight excluding hydrogens is 424 g/mol. The summed E-state index contributed by atoms with van der Waals surface area (Å²) in [6.07, 6.45) is 3.50. The molecule has 2 aromatic carbocycles. The summed E-state index contributed by atoms with van der Waals surface area (Å²) in [4.78, 5) is 15.3. The summed E-state index contributed by atoms with van der Waals surface area (Å²) in [5.41, 5.74) is 2.82. The van der Waals surface area contributed by atoms with E-state index >= 15 is 0 Å². The number of benzene rings is 2. The molecule has 0 spiro atoms. The van der Waals surface area contributed by atoms with Gasteiger partial charge >= 0.3 is 0 Å². The SMILES string of the molecule is CC(Oc1ccn(-c2ccc3c(cnn3CCN(C(C)C)C(C)C)c2)c(=O)c1)c1ccccc1. The molecule has 2 heterocycles. The van der Waals surface area contributed by atoms with Gasteiger partial charge in [-0.15, -0.1) is 0 Å². The van der Waals surface area contributed by atoms with Crippen molar-refractivity contribution < 1.29 is 4.74 Å². The normalized spacial score (nSPS) is 12.7. The van der Waals surface area contributed by atoms with Gasteiger partial charge in [-0.2, -0.15) is 5.10 Å². The molecule has 0 aliphatic rings. The molecule has 34 heavy (non-hydrogen) atoms. The van der Waals surface area contributed by atoms with Crippen molar-refractivity contribution in [1.29, 1.82) is 0 Å². The Morgan fingerprint density at radius 3 is 2.35 bits per heavy atom. The van der Waals surface area contributed by atoms with Crippen molar-refractivity contribution in [2.24, 2.45) is 0 Å². The lowest BCUT2D eigenvalue weighted by atomic mass is 10.1. The standard InChI is InChI=1S/C28H34N4O2/c1-20(2)30(21(3)4)15-16-32-27-12-11-25(17-24(27)19-29-32)31-14-13-26(18-28(31)33)34-22(5)23-9-7-6-8-10-23/h6-14,17-22H,15-16H2,1-5H3. The Hall–Kier alpha value is -3.38. The molecule has 4 rings (SSSR count). The minimum Gasteiger partial charge on any atom is -0.486 e. The Labute approximate surface area is 201 Å². The highest BCUT2D eigenvalue weighted by atomic mass is 16.5. The van der Waals surface area contributed by atoms with E-state index in [0.717, 1.165) is 35.2 Å². The zero-order chi connectivity index (χ0) is 24.2. The molecule has 4 aromatic rings. The number of nitrogens with zero attached hydrogens (tertiary/aromatic N) is 4. The number of hydrogen-bond donors (Lipinski definition) is 0. The van der Waals surface area contributed by atoms with Crippen molar-refractivity contribution in [1.82, 2.24) is 19.2 Å². The molecule has 0 bridgehead atoms. The van der Waals surface area contributed by atoms with Gasteiger partial charge in [0.1, 0.15) is 11.9 Å². The minimum absolute atomic E-state index is 0.131. The smallest absolute Gasteiger partial charge is 0.258 e. The molecule has 0 N–H and O–H groups in total. The van der Waals surface area contributed by atoms with Crippen LogP contribution in [0.2, 0.25) is 0 Å². The van der Waals surface area contributed by atoms with E-state index in [-0.39, 0.29) is 11.7 Å². The van der Waals surface area contributed by atoms with Crippen LogP contribution in [0.15, 0.2) is 77.9 Å². The number of fused-ring (bicyclic) bond motifs is 1. The third-order valence-corrected chi connectivity index (χ3v) is 6.27. The first-order chi connectivity index (χ1) is 16.3. The molecule has 2 aromatic heterocycles. The maximum absolute atomic E-state index is 12.9. The van der Waals surface area contributed by atoms with Gasteiger partial charge in [-0.25, -0.2) is 0 Å². The number of aromatic nitrogens is 3. The van der Waals surface area contributed by atoms with Gasteiger partial charge in [-0.1, -0.05) is 30.3 Å². The second-order valence-electron chi connectivity index (χ2n) is 9.28. The Morgan fingerprint density at radius 2 is 1.68 bits per heavy atom. The largest absolute Gasteiger partial charge is 0.486 e. The fraction of sp³-hybridized carbons (Fsp3) is 0.357. The summed E-state index contributed by atoms with van der Waals surface area (Å²) in [5, 5.41) is 5.62. The molecule has 1 unspecified atom stereocenters. The number of rotatable bonds is 9. The predicted octanol–water partition coefficient (Wildman–Crippen LogP) is 5.45. The highest BCUT2D eigenvalue weighted by Gasteiger charge is 2.14. The first-order valence-electron chi connectivity index (χ1n) is 12.0. The molecule has 6 nitrogen and oxygen atoms in total. The number of pyridine rings is 1. The van der Waals surface area contributed by atoms with Gasteiger partial charge in [-0.3, -0.25) is 18.9 Å². The molecule has 0 aliphatic carbocycles. The summed E-state index contributed by atoms with van der Waals surface area (Å²) in [5.74, 6) is 0.561. The quantitative estimate of drug-likeness (QED) is 0.335. The first kappa shape index (κ1) is 23.8. The van der Waals surface area contributed by atoms with Gasteiger partial charge in [0.25, 0.3) is 5.56 Å². The van der Waals surface area contributed by atoms with Crippen LogP contribution in [0.3, 0.4) is 0 Å². The lowest BCUT2D eigenvalue weighted by Gasteiger charge is -2.30. The van der Waals surface area contributed by atoms with E-state index in [1.165, 1.54) is 0 Å². The van der Waals surface area contributed by atoms with Crippen LogP contribution in [0.25, 0.3) is 16.6 Å². The summed E-state index contributed by atoms with van der Waals surface area (Å²) in [6, 6.07) is 20.4. The molecular formula is C28H34N4O2. The third-order valence-electron chi connectivity index (χ3n) is 6.27. The number of hydrogen-bond acceptors (Lipinski definition) is 4. The van der Waals surface area contributed by atoms with E-state index in [2.05, 4.69) is 37.7 Å². The van der Waals surface area contributed by atoms with Crippen LogP contribution in [0.4, 0.5) is 0 Å². The molecule has 0 aliphatic heterocycles. The Bertz CT molecular complexity index is 1280. The molecule has 0 radical (unpaired) electrons. The molecule has 178 valence electrons. The summed E-state index contributed by atoms with van der Waals surface area (Å²) >= 11 is 0. The van der Waals surface area contributed by atoms with Crippen LogP contribution < -0.4 is 10.3 Å². The topological polar surface area (TPSA) is 52.3 Å². The number of ether oxygens (including phenoxy) is 1. The van der Waals surface area contributed by atoms with E-state index in [4.69, 9.17) is 4.74 Å². The maximum Gasteiger partial charge on any atom is 0.258 e. The van der Waals surface area contributed by atoms with Crippen molar-refractivity contribution in [3.63, 3.8) is 0 Å². The fourth-order valence-corrected chi connectivity index (χ4v) is 4.47. The van der Waals surface area contributed by atoms with E-state index < -0.39 is 0 Å². The van der Waals surface area contributed by atoms with E-state index in [0.29, 0.717) is 17.8 Å². The van der Waals surface area contributed by atoms with Crippen LogP contribution in [0.5, 0.6) is 5.75 Å². The fourth-order valence-electron chi connectivity index (χ4n) is 4.47. The Morgan fingerprint density at radius 1 is 0.941 bits per heavy atom. The van der Waals surface area contributed by atoms with Gasteiger partial charge in [0.2, 0.25) is 0 Å². The van der Waals surface area contributed by atoms with E-state index in [1.54, 1.807) is 16.8 Å². The van der Waals surface area contributed by atoms with Crippen LogP contribution in [-0.4, -0.2) is 37.9 Å². The van der Waals surface area contributed by atoms with Gasteiger partial charge < -0.3 is 4.74 Å². The van der Waals surface area contributed by atoms with Gasteiger partial charge in [0.05, 0.1) is 18.3 Å². The molecule has 0 saturated heterocycles. The monoisotopic (exact) mass is 458 g/mol. The maximum atomic E-state index is 12.9. The second-order valence-corrected chi connectivity index (χ2v) is 9.28. The summed E-state index contributed by atoms with van der Waals surface area (Å²) < 4.78 is 9.67. The molecule has 1 atom stereocenters. The average Bonchev–Trinajstić information content (AvgIpc) is 3.21. The zero-order valence-corrected chi connectivity index (χ0v) is 20.7. The van der Waals surface area contributed by atoms with Gasteiger partial charge in [-0.05, 0) is 64.4 Å². The van der Waals surface area contributed by atoms with Crippen molar-refractivity contribution in [2.45, 2.75) is 59.4 Å². The Balaban J connectivity index is 1.51. The highest BCUT2D eigenvalue weighted by molar-refractivity contribution is 5.80. The molecule has 0 amide bonds. The second kappa shape index (κ2) is 10.3. The van der Waals surface area contributed by atoms with E-state index in [9.17, 15) is 4.79 Å². The van der Waals surface area contributed by atoms with Crippen LogP contribution in [0, 0.1) is 0 Å². The highest BCUT2D eigenvalue weighted by Crippen LogP contribution is 2.22. The minimum atomic E-state index is -0.138. The van der Waals surface area contributed by atoms with Crippen LogP contribution in [0.1, 0.15) is 46.3 Å². The van der Waals surface area contributed by atoms with Crippen molar-refractivity contribution in [3.8, 4) is 11.4 Å². The Kier molecular flexibility index (Phi) is 7.17. The van der Waals surface area contributed by atoms with Gasteiger partial charge in [0.15, 0.2) is 0 Å². The molecule has 0 saturated carbocycles. The zero-order valence-electron chi connectivity index (χ0n) is 20.7.